The Bertz CT molecular complexity index is 795. The molecule has 1 aromatic carbocycles. The first-order chi connectivity index (χ1) is 9.65. The van der Waals surface area contributed by atoms with Crippen molar-refractivity contribution in [1.82, 2.24) is 9.55 Å². The Morgan fingerprint density at radius 2 is 2.05 bits per heavy atom. The minimum atomic E-state index is -0.774. The van der Waals surface area contributed by atoms with Gasteiger partial charge in [-0.05, 0) is 29.1 Å². The summed E-state index contributed by atoms with van der Waals surface area (Å²) in [6.45, 7) is 0.168. The van der Waals surface area contributed by atoms with E-state index in [2.05, 4.69) is 4.98 Å². The summed E-state index contributed by atoms with van der Waals surface area (Å²) in [7, 11) is 0. The van der Waals surface area contributed by atoms with Crippen molar-refractivity contribution in [2.75, 3.05) is 0 Å². The molecule has 0 saturated carbocycles. The van der Waals surface area contributed by atoms with Gasteiger partial charge in [-0.2, -0.15) is 0 Å². The van der Waals surface area contributed by atoms with Crippen molar-refractivity contribution in [1.29, 1.82) is 0 Å². The van der Waals surface area contributed by atoms with Gasteiger partial charge in [0.1, 0.15) is 4.70 Å². The van der Waals surface area contributed by atoms with Gasteiger partial charge in [-0.3, -0.25) is 9.36 Å². The van der Waals surface area contributed by atoms with Crippen LogP contribution in [0.2, 0.25) is 5.02 Å². The molecule has 2 aromatic heterocycles. The molecule has 0 amide bonds. The molecule has 1 N–H and O–H groups in total. The SMILES string of the molecule is O=c1c2sccc2ncn1C[C@H](O)c1ccc(Cl)cc1. The molecule has 0 aliphatic rings. The lowest BCUT2D eigenvalue weighted by Gasteiger charge is -2.12. The van der Waals surface area contributed by atoms with E-state index in [9.17, 15) is 9.90 Å². The number of nitrogens with zero attached hydrogens (tertiary/aromatic N) is 2. The second-order valence-corrected chi connectivity index (χ2v) is 5.76. The summed E-state index contributed by atoms with van der Waals surface area (Å²) in [4.78, 5) is 16.4. The summed E-state index contributed by atoms with van der Waals surface area (Å²) in [5, 5.41) is 12.6. The van der Waals surface area contributed by atoms with Crippen LogP contribution in [0.15, 0.2) is 46.8 Å². The molecule has 6 heteroatoms. The number of fused-ring (bicyclic) bond motifs is 1. The number of aliphatic hydroxyl groups is 1. The van der Waals surface area contributed by atoms with Gasteiger partial charge in [0.15, 0.2) is 0 Å². The zero-order valence-corrected chi connectivity index (χ0v) is 11.9. The normalized spacial score (nSPS) is 12.7. The summed E-state index contributed by atoms with van der Waals surface area (Å²) in [6, 6.07) is 8.72. The largest absolute Gasteiger partial charge is 0.387 e. The molecule has 0 saturated heterocycles. The molecule has 0 aliphatic heterocycles. The van der Waals surface area contributed by atoms with Gasteiger partial charge in [-0.25, -0.2) is 4.98 Å². The predicted octanol–water partition coefficient (Wildman–Crippen LogP) is 2.85. The van der Waals surface area contributed by atoms with Crippen molar-refractivity contribution >= 4 is 33.2 Å². The zero-order chi connectivity index (χ0) is 14.1. The highest BCUT2D eigenvalue weighted by Crippen LogP contribution is 2.18. The van der Waals surface area contributed by atoms with Crippen molar-refractivity contribution in [3.8, 4) is 0 Å². The highest BCUT2D eigenvalue weighted by molar-refractivity contribution is 7.17. The van der Waals surface area contributed by atoms with Gasteiger partial charge < -0.3 is 5.11 Å². The lowest BCUT2D eigenvalue weighted by molar-refractivity contribution is 0.155. The van der Waals surface area contributed by atoms with Crippen LogP contribution in [0.4, 0.5) is 0 Å². The number of thiophene rings is 1. The molecular formula is C14H11ClN2O2S. The minimum Gasteiger partial charge on any atom is -0.387 e. The maximum Gasteiger partial charge on any atom is 0.271 e. The molecule has 20 heavy (non-hydrogen) atoms. The predicted molar refractivity (Wildman–Crippen MR) is 80.3 cm³/mol. The molecular weight excluding hydrogens is 296 g/mol. The van der Waals surface area contributed by atoms with E-state index in [0.29, 0.717) is 20.8 Å². The Balaban J connectivity index is 1.90. The van der Waals surface area contributed by atoms with Crippen molar-refractivity contribution in [2.24, 2.45) is 0 Å². The van der Waals surface area contributed by atoms with Crippen LogP contribution in [0.1, 0.15) is 11.7 Å². The van der Waals surface area contributed by atoms with E-state index in [4.69, 9.17) is 11.6 Å². The summed E-state index contributed by atoms with van der Waals surface area (Å²) >= 11 is 7.17. The first kappa shape index (κ1) is 13.3. The van der Waals surface area contributed by atoms with Crippen LogP contribution in [-0.2, 0) is 6.54 Å². The zero-order valence-electron chi connectivity index (χ0n) is 10.4. The Morgan fingerprint density at radius 3 is 2.80 bits per heavy atom. The lowest BCUT2D eigenvalue weighted by Crippen LogP contribution is -2.23. The van der Waals surface area contributed by atoms with E-state index in [1.165, 1.54) is 22.2 Å². The lowest BCUT2D eigenvalue weighted by atomic mass is 10.1. The summed E-state index contributed by atoms with van der Waals surface area (Å²) in [5.74, 6) is 0. The van der Waals surface area contributed by atoms with E-state index in [0.717, 1.165) is 0 Å². The standard InChI is InChI=1S/C14H11ClN2O2S/c15-10-3-1-9(2-4-10)12(18)7-17-8-16-11-5-6-20-13(11)14(17)19/h1-6,8,12,18H,7H2/t12-/m0/s1. The minimum absolute atomic E-state index is 0.127. The second-order valence-electron chi connectivity index (χ2n) is 4.40. The smallest absolute Gasteiger partial charge is 0.271 e. The van der Waals surface area contributed by atoms with E-state index in [1.807, 2.05) is 5.38 Å². The number of halogens is 1. The fraction of sp³-hybridized carbons (Fsp3) is 0.143. The summed E-state index contributed by atoms with van der Waals surface area (Å²) < 4.78 is 2.04. The highest BCUT2D eigenvalue weighted by Gasteiger charge is 2.11. The highest BCUT2D eigenvalue weighted by atomic mass is 35.5. The summed E-state index contributed by atoms with van der Waals surface area (Å²) in [6.07, 6.45) is 0.695. The van der Waals surface area contributed by atoms with Crippen LogP contribution < -0.4 is 5.56 Å². The van der Waals surface area contributed by atoms with Crippen molar-refractivity contribution in [3.05, 3.63) is 63.0 Å². The van der Waals surface area contributed by atoms with Crippen LogP contribution in [0.5, 0.6) is 0 Å². The van der Waals surface area contributed by atoms with Gasteiger partial charge in [-0.1, -0.05) is 23.7 Å². The molecule has 102 valence electrons. The quantitative estimate of drug-likeness (QED) is 0.809. The first-order valence-corrected chi connectivity index (χ1v) is 7.27. The average Bonchev–Trinajstić information content (AvgIpc) is 2.92. The first-order valence-electron chi connectivity index (χ1n) is 6.01. The molecule has 4 nitrogen and oxygen atoms in total. The molecule has 0 fully saturated rings. The third-order valence-electron chi connectivity index (χ3n) is 3.06. The Kier molecular flexibility index (Phi) is 3.56. The number of aromatic nitrogens is 2. The summed E-state index contributed by atoms with van der Waals surface area (Å²) in [5.41, 5.74) is 1.28. The van der Waals surface area contributed by atoms with E-state index in [-0.39, 0.29) is 12.1 Å². The van der Waals surface area contributed by atoms with Crippen molar-refractivity contribution in [2.45, 2.75) is 12.6 Å². The molecule has 2 heterocycles. The fourth-order valence-corrected chi connectivity index (χ4v) is 2.90. The molecule has 0 unspecified atom stereocenters. The van der Waals surface area contributed by atoms with E-state index >= 15 is 0 Å². The number of hydrogen-bond acceptors (Lipinski definition) is 4. The molecule has 0 spiro atoms. The van der Waals surface area contributed by atoms with Crippen molar-refractivity contribution in [3.63, 3.8) is 0 Å². The third-order valence-corrected chi connectivity index (χ3v) is 4.20. The Hall–Kier alpha value is -1.69. The van der Waals surface area contributed by atoms with Crippen LogP contribution in [0.25, 0.3) is 10.2 Å². The second kappa shape index (κ2) is 5.36. The maximum absolute atomic E-state index is 12.2. The fourth-order valence-electron chi connectivity index (χ4n) is 1.99. The van der Waals surface area contributed by atoms with Crippen molar-refractivity contribution < 1.29 is 5.11 Å². The molecule has 3 aromatic rings. The van der Waals surface area contributed by atoms with Crippen LogP contribution in [0, 0.1) is 0 Å². The Labute approximate surface area is 123 Å². The molecule has 0 aliphatic carbocycles. The average molecular weight is 307 g/mol. The number of benzene rings is 1. The van der Waals surface area contributed by atoms with Crippen LogP contribution in [0.3, 0.4) is 0 Å². The number of rotatable bonds is 3. The Morgan fingerprint density at radius 1 is 1.30 bits per heavy atom. The van der Waals surface area contributed by atoms with E-state index in [1.54, 1.807) is 30.3 Å². The monoisotopic (exact) mass is 306 g/mol. The van der Waals surface area contributed by atoms with Gasteiger partial charge in [0.25, 0.3) is 5.56 Å². The van der Waals surface area contributed by atoms with Crippen LogP contribution in [-0.4, -0.2) is 14.7 Å². The molecule has 0 radical (unpaired) electrons. The van der Waals surface area contributed by atoms with Gasteiger partial charge in [0.2, 0.25) is 0 Å². The van der Waals surface area contributed by atoms with Gasteiger partial charge >= 0.3 is 0 Å². The number of hydrogen-bond donors (Lipinski definition) is 1. The molecule has 1 atom stereocenters. The topological polar surface area (TPSA) is 55.1 Å². The van der Waals surface area contributed by atoms with Crippen LogP contribution >= 0.6 is 22.9 Å². The molecule has 3 rings (SSSR count). The third kappa shape index (κ3) is 2.47. The number of aliphatic hydroxyl groups excluding tert-OH is 1. The van der Waals surface area contributed by atoms with E-state index < -0.39 is 6.10 Å². The van der Waals surface area contributed by atoms with Gasteiger partial charge in [0.05, 0.1) is 24.5 Å². The molecule has 0 bridgehead atoms. The maximum atomic E-state index is 12.2. The van der Waals surface area contributed by atoms with Gasteiger partial charge in [0, 0.05) is 5.02 Å². The van der Waals surface area contributed by atoms with Gasteiger partial charge in [-0.15, -0.1) is 11.3 Å².